The van der Waals surface area contributed by atoms with Crippen LogP contribution in [-0.4, -0.2) is 43.8 Å². The molecule has 4 rings (SSSR count). The molecule has 2 aromatic heterocycles. The Hall–Kier alpha value is -4.00. The quantitative estimate of drug-likeness (QED) is 0.386. The van der Waals surface area contributed by atoms with E-state index in [4.69, 9.17) is 18.9 Å². The SMILES string of the molecule is COc1ccc2c(C(=O)c3cc(OC)c(OC)c(OC)c3)cn(Cc3ccncc3)c2c1. The van der Waals surface area contributed by atoms with E-state index >= 15 is 0 Å². The third-order valence-electron chi connectivity index (χ3n) is 5.36. The number of methoxy groups -OCH3 is 4. The zero-order chi connectivity index (χ0) is 22.7. The van der Waals surface area contributed by atoms with E-state index in [1.165, 1.54) is 21.3 Å². The van der Waals surface area contributed by atoms with Crippen LogP contribution in [0.4, 0.5) is 0 Å². The number of nitrogens with zero attached hydrogens (tertiary/aromatic N) is 2. The molecule has 0 saturated carbocycles. The summed E-state index contributed by atoms with van der Waals surface area (Å²) < 4.78 is 23.7. The van der Waals surface area contributed by atoms with Crippen LogP contribution in [0.5, 0.6) is 23.0 Å². The number of ether oxygens (including phenoxy) is 4. The first-order valence-electron chi connectivity index (χ1n) is 10.00. The highest BCUT2D eigenvalue weighted by Crippen LogP contribution is 2.39. The first-order chi connectivity index (χ1) is 15.6. The van der Waals surface area contributed by atoms with E-state index in [2.05, 4.69) is 4.98 Å². The number of aromatic nitrogens is 2. The van der Waals surface area contributed by atoms with Crippen molar-refractivity contribution in [3.63, 3.8) is 0 Å². The van der Waals surface area contributed by atoms with E-state index in [9.17, 15) is 4.79 Å². The lowest BCUT2D eigenvalue weighted by Gasteiger charge is -2.13. The van der Waals surface area contributed by atoms with Gasteiger partial charge < -0.3 is 23.5 Å². The van der Waals surface area contributed by atoms with Crippen molar-refractivity contribution in [1.82, 2.24) is 9.55 Å². The van der Waals surface area contributed by atoms with E-state index in [0.717, 1.165) is 22.2 Å². The van der Waals surface area contributed by atoms with E-state index in [1.54, 1.807) is 31.6 Å². The highest BCUT2D eigenvalue weighted by Gasteiger charge is 2.22. The van der Waals surface area contributed by atoms with Crippen molar-refractivity contribution in [3.8, 4) is 23.0 Å². The Labute approximate surface area is 186 Å². The molecule has 0 fully saturated rings. The lowest BCUT2D eigenvalue weighted by molar-refractivity contribution is 0.103. The molecule has 2 aromatic carbocycles. The summed E-state index contributed by atoms with van der Waals surface area (Å²) in [7, 11) is 6.21. The number of hydrogen-bond acceptors (Lipinski definition) is 6. The van der Waals surface area contributed by atoms with Crippen molar-refractivity contribution in [3.05, 3.63) is 77.7 Å². The van der Waals surface area contributed by atoms with Crippen molar-refractivity contribution in [2.24, 2.45) is 0 Å². The number of benzene rings is 2. The largest absolute Gasteiger partial charge is 0.497 e. The van der Waals surface area contributed by atoms with Gasteiger partial charge in [0.1, 0.15) is 5.75 Å². The fraction of sp³-hybridized carbons (Fsp3) is 0.200. The molecule has 0 aliphatic carbocycles. The summed E-state index contributed by atoms with van der Waals surface area (Å²) in [5.41, 5.74) is 2.99. The summed E-state index contributed by atoms with van der Waals surface area (Å²) in [4.78, 5) is 17.7. The number of ketones is 1. The Morgan fingerprint density at radius 3 is 2.16 bits per heavy atom. The molecule has 0 aliphatic heterocycles. The molecule has 0 atom stereocenters. The molecule has 164 valence electrons. The van der Waals surface area contributed by atoms with Crippen molar-refractivity contribution in [1.29, 1.82) is 0 Å². The molecule has 0 bridgehead atoms. The molecular weight excluding hydrogens is 408 g/mol. The van der Waals surface area contributed by atoms with Crippen molar-refractivity contribution < 1.29 is 23.7 Å². The normalized spacial score (nSPS) is 10.8. The second-order valence-electron chi connectivity index (χ2n) is 7.15. The van der Waals surface area contributed by atoms with Crippen molar-refractivity contribution in [2.45, 2.75) is 6.54 Å². The summed E-state index contributed by atoms with van der Waals surface area (Å²) in [6.07, 6.45) is 5.38. The van der Waals surface area contributed by atoms with Crippen LogP contribution in [0, 0.1) is 0 Å². The van der Waals surface area contributed by atoms with Crippen LogP contribution in [0.15, 0.2) is 61.1 Å². The summed E-state index contributed by atoms with van der Waals surface area (Å²) in [5.74, 6) is 1.87. The van der Waals surface area contributed by atoms with Crippen LogP contribution in [0.2, 0.25) is 0 Å². The van der Waals surface area contributed by atoms with Gasteiger partial charge in [-0.15, -0.1) is 0 Å². The number of carbonyl (C=O) groups excluding carboxylic acids is 1. The molecule has 32 heavy (non-hydrogen) atoms. The first-order valence-corrected chi connectivity index (χ1v) is 10.00. The molecule has 0 spiro atoms. The number of pyridine rings is 1. The van der Waals surface area contributed by atoms with Gasteiger partial charge in [0.05, 0.1) is 34.0 Å². The van der Waals surface area contributed by atoms with E-state index in [1.807, 2.05) is 41.1 Å². The monoisotopic (exact) mass is 432 g/mol. The summed E-state index contributed by atoms with van der Waals surface area (Å²) in [6, 6.07) is 12.9. The molecule has 7 heteroatoms. The maximum absolute atomic E-state index is 13.6. The highest BCUT2D eigenvalue weighted by molar-refractivity contribution is 6.17. The van der Waals surface area contributed by atoms with Gasteiger partial charge in [0, 0.05) is 47.7 Å². The minimum atomic E-state index is -0.145. The zero-order valence-electron chi connectivity index (χ0n) is 18.4. The molecule has 0 amide bonds. The van der Waals surface area contributed by atoms with Gasteiger partial charge in [0.25, 0.3) is 0 Å². The number of rotatable bonds is 8. The van der Waals surface area contributed by atoms with Crippen molar-refractivity contribution >= 4 is 16.7 Å². The van der Waals surface area contributed by atoms with Gasteiger partial charge in [0.2, 0.25) is 5.75 Å². The molecule has 4 aromatic rings. The fourth-order valence-corrected chi connectivity index (χ4v) is 3.76. The first kappa shape index (κ1) is 21.2. The third kappa shape index (κ3) is 3.85. The second-order valence-corrected chi connectivity index (χ2v) is 7.15. The molecule has 2 heterocycles. The maximum atomic E-state index is 13.6. The molecule has 0 radical (unpaired) electrons. The Bertz CT molecular complexity index is 1240. The van der Waals surface area contributed by atoms with Gasteiger partial charge in [0.15, 0.2) is 17.3 Å². The molecule has 0 saturated heterocycles. The van der Waals surface area contributed by atoms with Gasteiger partial charge in [-0.3, -0.25) is 9.78 Å². The molecule has 0 N–H and O–H groups in total. The Morgan fingerprint density at radius 1 is 0.875 bits per heavy atom. The average molecular weight is 432 g/mol. The Morgan fingerprint density at radius 2 is 1.56 bits per heavy atom. The molecular formula is C25H24N2O5. The molecule has 7 nitrogen and oxygen atoms in total. The zero-order valence-corrected chi connectivity index (χ0v) is 18.4. The van der Waals surface area contributed by atoms with Crippen LogP contribution in [0.3, 0.4) is 0 Å². The number of carbonyl (C=O) groups is 1. The lowest BCUT2D eigenvalue weighted by atomic mass is 10.0. The smallest absolute Gasteiger partial charge is 0.203 e. The van der Waals surface area contributed by atoms with Gasteiger partial charge in [-0.1, -0.05) is 0 Å². The maximum Gasteiger partial charge on any atom is 0.203 e. The minimum Gasteiger partial charge on any atom is -0.497 e. The molecule has 0 unspecified atom stereocenters. The number of hydrogen-bond donors (Lipinski definition) is 0. The van der Waals surface area contributed by atoms with Gasteiger partial charge in [-0.05, 0) is 42.0 Å². The third-order valence-corrected chi connectivity index (χ3v) is 5.36. The van der Waals surface area contributed by atoms with Gasteiger partial charge in [-0.2, -0.15) is 0 Å². The van der Waals surface area contributed by atoms with Crippen LogP contribution >= 0.6 is 0 Å². The van der Waals surface area contributed by atoms with Gasteiger partial charge >= 0.3 is 0 Å². The predicted molar refractivity (Wildman–Crippen MR) is 121 cm³/mol. The van der Waals surface area contributed by atoms with Gasteiger partial charge in [-0.25, -0.2) is 0 Å². The molecule has 0 aliphatic rings. The van der Waals surface area contributed by atoms with E-state index in [0.29, 0.717) is 34.9 Å². The van der Waals surface area contributed by atoms with Crippen LogP contribution in [0.1, 0.15) is 21.5 Å². The summed E-state index contributed by atoms with van der Waals surface area (Å²) in [5, 5.41) is 0.832. The standard InChI is InChI=1S/C25H24N2O5/c1-29-18-5-6-19-20(15-27(21(19)13-18)14-16-7-9-26-10-8-16)24(28)17-11-22(30-2)25(32-4)23(12-17)31-3/h5-13,15H,14H2,1-4H3. The van der Waals surface area contributed by atoms with E-state index < -0.39 is 0 Å². The average Bonchev–Trinajstić information content (AvgIpc) is 3.20. The second kappa shape index (κ2) is 9.01. The fourth-order valence-electron chi connectivity index (χ4n) is 3.76. The predicted octanol–water partition coefficient (Wildman–Crippen LogP) is 4.35. The summed E-state index contributed by atoms with van der Waals surface area (Å²) >= 11 is 0. The highest BCUT2D eigenvalue weighted by atomic mass is 16.5. The lowest BCUT2D eigenvalue weighted by Crippen LogP contribution is -2.04. The van der Waals surface area contributed by atoms with Crippen LogP contribution < -0.4 is 18.9 Å². The topological polar surface area (TPSA) is 71.8 Å². The van der Waals surface area contributed by atoms with Crippen molar-refractivity contribution in [2.75, 3.05) is 28.4 Å². The number of fused-ring (bicyclic) bond motifs is 1. The Kier molecular flexibility index (Phi) is 5.98. The summed E-state index contributed by atoms with van der Waals surface area (Å²) in [6.45, 7) is 0.592. The Balaban J connectivity index is 1.85. The van der Waals surface area contributed by atoms with Crippen LogP contribution in [-0.2, 0) is 6.54 Å². The van der Waals surface area contributed by atoms with E-state index in [-0.39, 0.29) is 5.78 Å². The minimum absolute atomic E-state index is 0.145. The van der Waals surface area contributed by atoms with Crippen LogP contribution in [0.25, 0.3) is 10.9 Å².